The highest BCUT2D eigenvalue weighted by Crippen LogP contribution is 2.41. The number of nitrogens with zero attached hydrogens (tertiary/aromatic N) is 5. The Labute approximate surface area is 161 Å². The van der Waals surface area contributed by atoms with Gasteiger partial charge in [-0.2, -0.15) is 4.68 Å². The quantitative estimate of drug-likeness (QED) is 0.593. The molecule has 0 fully saturated rings. The lowest BCUT2D eigenvalue weighted by atomic mass is 9.86. The number of fused-ring (bicyclic) bond motifs is 3. The van der Waals surface area contributed by atoms with Gasteiger partial charge in [-0.1, -0.05) is 6.07 Å². The van der Waals surface area contributed by atoms with Crippen LogP contribution in [0.15, 0.2) is 37.4 Å². The molecule has 2 aromatic heterocycles. The molecule has 4 rings (SSSR count). The summed E-state index contributed by atoms with van der Waals surface area (Å²) in [4.78, 5) is 51.0. The molecule has 0 amide bonds. The monoisotopic (exact) mass is 391 g/mol. The normalized spacial score (nSPS) is 22.7. The van der Waals surface area contributed by atoms with Crippen LogP contribution in [0.3, 0.4) is 0 Å². The average molecular weight is 391 g/mol. The maximum atomic E-state index is 13.1. The van der Waals surface area contributed by atoms with E-state index in [0.717, 1.165) is 23.2 Å². The second kappa shape index (κ2) is 5.50. The van der Waals surface area contributed by atoms with E-state index in [1.165, 1.54) is 40.3 Å². The first kappa shape index (κ1) is 14.5. The van der Waals surface area contributed by atoms with E-state index in [4.69, 9.17) is 8.85 Å². The smallest absolute Gasteiger partial charge is 0.351 e. The molecule has 11 heteroatoms. The lowest BCUT2D eigenvalue weighted by Crippen LogP contribution is -2.52. The second-order valence-corrected chi connectivity index (χ2v) is 6.85. The molecule has 0 radical (unpaired) electrons. The Balaban J connectivity index is 2.27. The number of aromatic nitrogens is 6. The molecule has 3 aromatic rings. The molecular formula is C17H20N6O5. The van der Waals surface area contributed by atoms with Crippen LogP contribution < -0.4 is 27.5 Å². The molecule has 1 N–H and O–H groups in total. The first-order valence-electron chi connectivity index (χ1n) is 9.83. The van der Waals surface area contributed by atoms with Crippen molar-refractivity contribution in [3.05, 3.63) is 65.7 Å². The Bertz CT molecular complexity index is 1450. The SMILES string of the molecule is [2H]C([2H])([2H])[C@@]1(C)[C@H](n2[nH]c(=O)n(C)c2=O)c2ccc(OC)cc2-n2c(=O)n(C)c(=O)n21. The van der Waals surface area contributed by atoms with Crippen LogP contribution in [0.2, 0.25) is 0 Å². The van der Waals surface area contributed by atoms with Crippen molar-refractivity contribution < 1.29 is 8.85 Å². The van der Waals surface area contributed by atoms with Crippen molar-refractivity contribution in [3.63, 3.8) is 0 Å². The van der Waals surface area contributed by atoms with E-state index in [1.807, 2.05) is 0 Å². The van der Waals surface area contributed by atoms with Gasteiger partial charge in [0.1, 0.15) is 11.8 Å². The van der Waals surface area contributed by atoms with Crippen molar-refractivity contribution in [2.24, 2.45) is 14.1 Å². The third kappa shape index (κ3) is 2.03. The Hall–Kier alpha value is -3.50. The first-order valence-corrected chi connectivity index (χ1v) is 8.33. The number of aromatic amines is 1. The number of nitrogens with one attached hydrogen (secondary N) is 1. The lowest BCUT2D eigenvalue weighted by molar-refractivity contribution is 0.175. The van der Waals surface area contributed by atoms with Gasteiger partial charge in [-0.05, 0) is 19.8 Å². The Morgan fingerprint density at radius 1 is 1.11 bits per heavy atom. The minimum atomic E-state index is -2.87. The number of hydrogen-bond acceptors (Lipinski definition) is 5. The van der Waals surface area contributed by atoms with Crippen molar-refractivity contribution in [3.8, 4) is 11.4 Å². The van der Waals surface area contributed by atoms with Crippen LogP contribution in [0.4, 0.5) is 0 Å². The molecule has 2 atom stereocenters. The molecule has 1 aromatic carbocycles. The topological polar surface area (TPSA) is 118 Å². The Morgan fingerprint density at radius 2 is 1.82 bits per heavy atom. The number of rotatable bonds is 2. The highest BCUT2D eigenvalue weighted by molar-refractivity contribution is 5.50. The molecule has 0 bridgehead atoms. The van der Waals surface area contributed by atoms with Gasteiger partial charge < -0.3 is 4.74 Å². The van der Waals surface area contributed by atoms with E-state index in [9.17, 15) is 19.2 Å². The van der Waals surface area contributed by atoms with Crippen LogP contribution in [-0.2, 0) is 19.6 Å². The zero-order valence-electron chi connectivity index (χ0n) is 18.6. The van der Waals surface area contributed by atoms with Gasteiger partial charge in [0.2, 0.25) is 0 Å². The van der Waals surface area contributed by atoms with Gasteiger partial charge in [0.25, 0.3) is 0 Å². The van der Waals surface area contributed by atoms with E-state index in [-0.39, 0.29) is 11.3 Å². The van der Waals surface area contributed by atoms with Gasteiger partial charge in [0, 0.05) is 29.8 Å². The summed E-state index contributed by atoms with van der Waals surface area (Å²) in [6.45, 7) is -1.62. The van der Waals surface area contributed by atoms with Crippen molar-refractivity contribution in [2.75, 3.05) is 7.11 Å². The largest absolute Gasteiger partial charge is 0.497 e. The lowest BCUT2D eigenvalue weighted by Gasteiger charge is -2.40. The molecule has 0 unspecified atom stereocenters. The van der Waals surface area contributed by atoms with E-state index >= 15 is 0 Å². The van der Waals surface area contributed by atoms with Gasteiger partial charge in [0.05, 0.1) is 18.3 Å². The molecule has 11 nitrogen and oxygen atoms in total. The van der Waals surface area contributed by atoms with Crippen molar-refractivity contribution >= 4 is 0 Å². The van der Waals surface area contributed by atoms with Gasteiger partial charge >= 0.3 is 22.8 Å². The third-order valence-electron chi connectivity index (χ3n) is 5.14. The summed E-state index contributed by atoms with van der Waals surface area (Å²) in [6.07, 6.45) is 0. The van der Waals surface area contributed by atoms with Crippen molar-refractivity contribution in [1.29, 1.82) is 0 Å². The molecule has 3 heterocycles. The fraction of sp³-hybridized carbons (Fsp3) is 0.412. The highest BCUT2D eigenvalue weighted by Gasteiger charge is 2.45. The second-order valence-electron chi connectivity index (χ2n) is 6.85. The maximum Gasteiger partial charge on any atom is 0.351 e. The number of benzene rings is 1. The highest BCUT2D eigenvalue weighted by atomic mass is 16.5. The molecular weight excluding hydrogens is 368 g/mol. The fourth-order valence-electron chi connectivity index (χ4n) is 3.68. The Kier molecular flexibility index (Phi) is 2.86. The molecule has 0 spiro atoms. The first-order chi connectivity index (χ1) is 14.4. The van der Waals surface area contributed by atoms with E-state index < -0.39 is 41.2 Å². The van der Waals surface area contributed by atoms with Crippen LogP contribution in [-0.4, -0.2) is 35.4 Å². The third-order valence-corrected chi connectivity index (χ3v) is 5.14. The molecule has 1 aliphatic rings. The molecule has 1 aliphatic heterocycles. The number of hydrogen-bond donors (Lipinski definition) is 1. The van der Waals surface area contributed by atoms with Crippen LogP contribution in [0.1, 0.15) is 29.5 Å². The standard InChI is InChI=1S/C17H20N6O5/c1-17(2)12(21-14(25)19(3)13(24)18-21)10-7-6-9(28-5)8-11(10)22-15(26)20(4)16(27)23(17)22/h6-8,12H,1-5H3,(H,18,24)/t12-/m1/s1/i1D3/t12-,17-. The predicted molar refractivity (Wildman–Crippen MR) is 99.6 cm³/mol. The summed E-state index contributed by atoms with van der Waals surface area (Å²) in [5.74, 6) is 0.346. The molecule has 0 saturated heterocycles. The predicted octanol–water partition coefficient (Wildman–Crippen LogP) is -1.13. The number of methoxy groups -OCH3 is 1. The molecule has 0 aliphatic carbocycles. The summed E-state index contributed by atoms with van der Waals surface area (Å²) in [5.41, 5.74) is -4.90. The molecule has 28 heavy (non-hydrogen) atoms. The number of H-pyrrole nitrogens is 1. The van der Waals surface area contributed by atoms with Crippen LogP contribution >= 0.6 is 0 Å². The van der Waals surface area contributed by atoms with Gasteiger partial charge in [-0.25, -0.2) is 42.8 Å². The Morgan fingerprint density at radius 3 is 2.39 bits per heavy atom. The van der Waals surface area contributed by atoms with E-state index in [0.29, 0.717) is 5.75 Å². The van der Waals surface area contributed by atoms with Crippen molar-refractivity contribution in [1.82, 2.24) is 28.3 Å². The van der Waals surface area contributed by atoms with Gasteiger partial charge in [-0.3, -0.25) is 0 Å². The van der Waals surface area contributed by atoms with Crippen LogP contribution in [0, 0.1) is 0 Å². The number of ether oxygens (including phenoxy) is 1. The van der Waals surface area contributed by atoms with E-state index in [2.05, 4.69) is 5.10 Å². The molecule has 148 valence electrons. The van der Waals surface area contributed by atoms with Crippen molar-refractivity contribution in [2.45, 2.75) is 25.4 Å². The maximum absolute atomic E-state index is 13.1. The summed E-state index contributed by atoms with van der Waals surface area (Å²) in [7, 11) is 3.88. The summed E-state index contributed by atoms with van der Waals surface area (Å²) in [6, 6.07) is 3.17. The minimum absolute atomic E-state index is 0.158. The van der Waals surface area contributed by atoms with Gasteiger partial charge in [-0.15, -0.1) is 0 Å². The van der Waals surface area contributed by atoms with Crippen LogP contribution in [0.25, 0.3) is 5.69 Å². The average Bonchev–Trinajstić information content (AvgIpc) is 3.09. The molecule has 0 saturated carbocycles. The minimum Gasteiger partial charge on any atom is -0.497 e. The van der Waals surface area contributed by atoms with Crippen LogP contribution in [0.5, 0.6) is 5.75 Å². The summed E-state index contributed by atoms with van der Waals surface area (Å²) >= 11 is 0. The summed E-state index contributed by atoms with van der Waals surface area (Å²) in [5, 5.41) is 2.37. The van der Waals surface area contributed by atoms with Gasteiger partial charge in [0.15, 0.2) is 0 Å². The fourth-order valence-corrected chi connectivity index (χ4v) is 3.68. The van der Waals surface area contributed by atoms with E-state index in [1.54, 1.807) is 6.07 Å². The zero-order chi connectivity index (χ0) is 23.0. The zero-order valence-corrected chi connectivity index (χ0v) is 15.6. The summed E-state index contributed by atoms with van der Waals surface area (Å²) < 4.78 is 34.3.